The second-order valence-corrected chi connectivity index (χ2v) is 6.90. The van der Waals surface area contributed by atoms with Gasteiger partial charge in [0.15, 0.2) is 0 Å². The van der Waals surface area contributed by atoms with E-state index in [2.05, 4.69) is 17.4 Å². The molecule has 0 aromatic heterocycles. The Hall–Kier alpha value is -3.79. The molecule has 0 bridgehead atoms. The summed E-state index contributed by atoms with van der Waals surface area (Å²) in [4.78, 5) is 12.6. The maximum atomic E-state index is 12.6. The van der Waals surface area contributed by atoms with E-state index < -0.39 is 0 Å². The average molecular weight is 397 g/mol. The number of nitrogens with one attached hydrogen (secondary N) is 1. The lowest BCUT2D eigenvalue weighted by Crippen LogP contribution is -2.15. The van der Waals surface area contributed by atoms with Crippen LogP contribution in [0.15, 0.2) is 97.1 Å². The van der Waals surface area contributed by atoms with Gasteiger partial charge < -0.3 is 14.8 Å². The lowest BCUT2D eigenvalue weighted by molar-refractivity contribution is -0.115. The molecule has 0 aliphatic carbocycles. The first-order chi connectivity index (χ1) is 14.8. The third kappa shape index (κ3) is 5.17. The first-order valence-electron chi connectivity index (χ1n) is 9.95. The number of para-hydroxylation sites is 1. The molecule has 0 heterocycles. The summed E-state index contributed by atoms with van der Waals surface area (Å²) < 4.78 is 11.4. The quantitative estimate of drug-likeness (QED) is 0.401. The molecule has 0 radical (unpaired) electrons. The zero-order chi connectivity index (χ0) is 20.6. The van der Waals surface area contributed by atoms with E-state index in [1.165, 1.54) is 0 Å². The summed E-state index contributed by atoms with van der Waals surface area (Å²) in [6.07, 6.45) is 0.317. The molecule has 0 atom stereocenters. The Bertz CT molecular complexity index is 1120. The van der Waals surface area contributed by atoms with Crippen molar-refractivity contribution in [3.05, 3.63) is 103 Å². The highest BCUT2D eigenvalue weighted by Crippen LogP contribution is 2.21. The predicted molar refractivity (Wildman–Crippen MR) is 120 cm³/mol. The van der Waals surface area contributed by atoms with Crippen molar-refractivity contribution in [3.8, 4) is 11.5 Å². The van der Waals surface area contributed by atoms with Crippen LogP contribution in [0.2, 0.25) is 0 Å². The van der Waals surface area contributed by atoms with E-state index in [0.29, 0.717) is 31.1 Å². The first-order valence-corrected chi connectivity index (χ1v) is 9.95. The number of hydrogen-bond acceptors (Lipinski definition) is 3. The van der Waals surface area contributed by atoms with Gasteiger partial charge in [0, 0.05) is 11.8 Å². The first kappa shape index (κ1) is 19.5. The van der Waals surface area contributed by atoms with Crippen LogP contribution in [0.3, 0.4) is 0 Å². The number of carbonyl (C=O) groups is 1. The van der Waals surface area contributed by atoms with Gasteiger partial charge in [-0.3, -0.25) is 4.79 Å². The molecule has 0 aliphatic rings. The molecule has 0 aliphatic heterocycles. The van der Waals surface area contributed by atoms with Crippen LogP contribution in [-0.2, 0) is 11.2 Å². The molecule has 150 valence electrons. The molecule has 0 saturated carbocycles. The van der Waals surface area contributed by atoms with Crippen molar-refractivity contribution >= 4 is 22.4 Å². The van der Waals surface area contributed by atoms with Crippen LogP contribution >= 0.6 is 0 Å². The van der Waals surface area contributed by atoms with E-state index >= 15 is 0 Å². The van der Waals surface area contributed by atoms with Gasteiger partial charge in [-0.15, -0.1) is 0 Å². The molecule has 4 aromatic carbocycles. The molecule has 4 aromatic rings. The van der Waals surface area contributed by atoms with Gasteiger partial charge >= 0.3 is 0 Å². The summed E-state index contributed by atoms with van der Waals surface area (Å²) in [5, 5.41) is 5.20. The molecule has 4 heteroatoms. The monoisotopic (exact) mass is 397 g/mol. The van der Waals surface area contributed by atoms with E-state index in [1.807, 2.05) is 84.9 Å². The molecule has 0 spiro atoms. The van der Waals surface area contributed by atoms with E-state index in [9.17, 15) is 4.79 Å². The largest absolute Gasteiger partial charge is 0.490 e. The Morgan fingerprint density at radius 3 is 2.23 bits per heavy atom. The number of amides is 1. The van der Waals surface area contributed by atoms with Crippen LogP contribution in [0, 0.1) is 0 Å². The van der Waals surface area contributed by atoms with Crippen molar-refractivity contribution in [1.29, 1.82) is 0 Å². The van der Waals surface area contributed by atoms with Gasteiger partial charge in [-0.1, -0.05) is 66.7 Å². The average Bonchev–Trinajstić information content (AvgIpc) is 2.78. The van der Waals surface area contributed by atoms with E-state index in [1.54, 1.807) is 0 Å². The fourth-order valence-electron chi connectivity index (χ4n) is 3.32. The fourth-order valence-corrected chi connectivity index (χ4v) is 3.32. The Morgan fingerprint density at radius 2 is 1.37 bits per heavy atom. The molecule has 0 unspecified atom stereocenters. The normalized spacial score (nSPS) is 10.5. The van der Waals surface area contributed by atoms with Crippen molar-refractivity contribution in [3.63, 3.8) is 0 Å². The van der Waals surface area contributed by atoms with Gasteiger partial charge in [0.1, 0.15) is 24.7 Å². The minimum Gasteiger partial charge on any atom is -0.490 e. The molecule has 0 fully saturated rings. The van der Waals surface area contributed by atoms with Gasteiger partial charge in [-0.05, 0) is 40.6 Å². The number of fused-ring (bicyclic) bond motifs is 1. The number of carbonyl (C=O) groups excluding carboxylic acids is 1. The van der Waals surface area contributed by atoms with Crippen molar-refractivity contribution in [1.82, 2.24) is 0 Å². The van der Waals surface area contributed by atoms with Crippen LogP contribution in [0.4, 0.5) is 5.69 Å². The van der Waals surface area contributed by atoms with E-state index in [0.717, 1.165) is 22.1 Å². The maximum absolute atomic E-state index is 12.6. The van der Waals surface area contributed by atoms with Crippen LogP contribution in [0.1, 0.15) is 5.56 Å². The molecule has 4 nitrogen and oxygen atoms in total. The Labute approximate surface area is 176 Å². The molecule has 1 N–H and O–H groups in total. The molecule has 4 rings (SSSR count). The van der Waals surface area contributed by atoms with Gasteiger partial charge in [-0.2, -0.15) is 0 Å². The minimum atomic E-state index is -0.0593. The SMILES string of the molecule is O=C(Cc1cccc2ccccc12)Nc1cccc(OCCOc2ccccc2)c1. The lowest BCUT2D eigenvalue weighted by Gasteiger charge is -2.11. The van der Waals surface area contributed by atoms with Crippen LogP contribution in [-0.4, -0.2) is 19.1 Å². The zero-order valence-electron chi connectivity index (χ0n) is 16.6. The molecule has 30 heavy (non-hydrogen) atoms. The maximum Gasteiger partial charge on any atom is 0.228 e. The number of ether oxygens (including phenoxy) is 2. The topological polar surface area (TPSA) is 47.6 Å². The third-order valence-corrected chi connectivity index (χ3v) is 4.71. The number of benzene rings is 4. The van der Waals surface area contributed by atoms with Crippen LogP contribution in [0.5, 0.6) is 11.5 Å². The van der Waals surface area contributed by atoms with Crippen LogP contribution in [0.25, 0.3) is 10.8 Å². The third-order valence-electron chi connectivity index (χ3n) is 4.71. The highest BCUT2D eigenvalue weighted by Gasteiger charge is 2.08. The second kappa shape index (κ2) is 9.61. The van der Waals surface area contributed by atoms with Crippen molar-refractivity contribution < 1.29 is 14.3 Å². The smallest absolute Gasteiger partial charge is 0.228 e. The molecule has 1 amide bonds. The van der Waals surface area contributed by atoms with E-state index in [-0.39, 0.29) is 5.91 Å². The standard InChI is InChI=1S/C26H23NO3/c28-26(18-21-10-6-9-20-8-4-5-15-25(20)21)27-22-11-7-14-24(19-22)30-17-16-29-23-12-2-1-3-13-23/h1-15,19H,16-18H2,(H,27,28). The number of rotatable bonds is 8. The van der Waals surface area contributed by atoms with Crippen molar-refractivity contribution in [2.24, 2.45) is 0 Å². The number of hydrogen-bond donors (Lipinski definition) is 1. The summed E-state index contributed by atoms with van der Waals surface area (Å²) in [5.74, 6) is 1.45. The van der Waals surface area contributed by atoms with Crippen LogP contribution < -0.4 is 14.8 Å². The zero-order valence-corrected chi connectivity index (χ0v) is 16.6. The van der Waals surface area contributed by atoms with Gasteiger partial charge in [-0.25, -0.2) is 0 Å². The lowest BCUT2D eigenvalue weighted by atomic mass is 10.0. The predicted octanol–water partition coefficient (Wildman–Crippen LogP) is 5.48. The molecular formula is C26H23NO3. The molecule has 0 saturated heterocycles. The second-order valence-electron chi connectivity index (χ2n) is 6.90. The summed E-state index contributed by atoms with van der Waals surface area (Å²) in [6, 6.07) is 31.2. The highest BCUT2D eigenvalue weighted by molar-refractivity contribution is 5.96. The van der Waals surface area contributed by atoms with Gasteiger partial charge in [0.25, 0.3) is 0 Å². The van der Waals surface area contributed by atoms with E-state index in [4.69, 9.17) is 9.47 Å². The minimum absolute atomic E-state index is 0.0593. The number of anilines is 1. The fraction of sp³-hybridized carbons (Fsp3) is 0.115. The summed E-state index contributed by atoms with van der Waals surface area (Å²) >= 11 is 0. The summed E-state index contributed by atoms with van der Waals surface area (Å²) in [6.45, 7) is 0.865. The summed E-state index contributed by atoms with van der Waals surface area (Å²) in [7, 11) is 0. The van der Waals surface area contributed by atoms with Crippen molar-refractivity contribution in [2.75, 3.05) is 18.5 Å². The molecular weight excluding hydrogens is 374 g/mol. The highest BCUT2D eigenvalue weighted by atomic mass is 16.5. The van der Waals surface area contributed by atoms with Crippen molar-refractivity contribution in [2.45, 2.75) is 6.42 Å². The Kier molecular flexibility index (Phi) is 6.25. The summed E-state index contributed by atoms with van der Waals surface area (Å²) in [5.41, 5.74) is 1.72. The Balaban J connectivity index is 1.31. The van der Waals surface area contributed by atoms with Gasteiger partial charge in [0.05, 0.1) is 6.42 Å². The Morgan fingerprint density at radius 1 is 0.700 bits per heavy atom. The van der Waals surface area contributed by atoms with Gasteiger partial charge in [0.2, 0.25) is 5.91 Å².